The third-order valence-electron chi connectivity index (χ3n) is 3.50. The molecule has 1 fully saturated rings. The molecule has 0 unspecified atom stereocenters. The second kappa shape index (κ2) is 3.11. The van der Waals surface area contributed by atoms with E-state index >= 15 is 0 Å². The minimum absolute atomic E-state index is 0.597. The van der Waals surface area contributed by atoms with E-state index in [0.29, 0.717) is 5.92 Å². The zero-order chi connectivity index (χ0) is 11.3. The fraction of sp³-hybridized carbons (Fsp3) is 0.429. The molecule has 2 aromatic rings. The van der Waals surface area contributed by atoms with Crippen LogP contribution < -0.4 is 0 Å². The maximum atomic E-state index is 10.3. The molecule has 0 atom stereocenters. The van der Waals surface area contributed by atoms with Crippen LogP contribution in [0.2, 0.25) is 0 Å². The number of aliphatic hydroxyl groups is 1. The minimum atomic E-state index is -0.716. The van der Waals surface area contributed by atoms with Crippen molar-refractivity contribution >= 4 is 11.0 Å². The lowest BCUT2D eigenvalue weighted by molar-refractivity contribution is -0.0885. The van der Waals surface area contributed by atoms with Crippen LogP contribution in [0, 0.1) is 12.8 Å². The fourth-order valence-electron chi connectivity index (χ4n) is 2.69. The first-order valence-electron chi connectivity index (χ1n) is 5.80. The van der Waals surface area contributed by atoms with Crippen LogP contribution in [0.3, 0.4) is 0 Å². The number of aryl methyl sites for hydroxylation is 1. The summed E-state index contributed by atoms with van der Waals surface area (Å²) in [6.07, 6.45) is 1.62. The highest BCUT2D eigenvalue weighted by Crippen LogP contribution is 2.46. The maximum Gasteiger partial charge on any atom is 0.136 e. The molecule has 3 rings (SSSR count). The topological polar surface area (TPSA) is 33.4 Å². The average Bonchev–Trinajstić information content (AvgIpc) is 2.58. The van der Waals surface area contributed by atoms with Gasteiger partial charge in [0.2, 0.25) is 0 Å². The van der Waals surface area contributed by atoms with E-state index in [4.69, 9.17) is 4.42 Å². The summed E-state index contributed by atoms with van der Waals surface area (Å²) in [5.74, 6) is 1.33. The van der Waals surface area contributed by atoms with E-state index in [0.717, 1.165) is 29.6 Å². The predicted molar refractivity (Wildman–Crippen MR) is 63.2 cm³/mol. The zero-order valence-corrected chi connectivity index (χ0v) is 9.66. The average molecular weight is 216 g/mol. The number of rotatable bonds is 1. The predicted octanol–water partition coefficient (Wildman–Crippen LogP) is 3.36. The fourth-order valence-corrected chi connectivity index (χ4v) is 2.69. The lowest BCUT2D eigenvalue weighted by atomic mass is 9.70. The first-order valence-corrected chi connectivity index (χ1v) is 5.80. The quantitative estimate of drug-likeness (QED) is 0.793. The SMILES string of the molecule is Cc1ccc2oc(C3(O)CC(C)C3)cc2c1. The Balaban J connectivity index is 2.06. The number of fused-ring (bicyclic) bond motifs is 1. The van der Waals surface area contributed by atoms with Gasteiger partial charge in [-0.1, -0.05) is 18.6 Å². The summed E-state index contributed by atoms with van der Waals surface area (Å²) in [6, 6.07) is 8.07. The van der Waals surface area contributed by atoms with Crippen molar-refractivity contribution in [3.8, 4) is 0 Å². The van der Waals surface area contributed by atoms with E-state index in [-0.39, 0.29) is 0 Å². The molecule has 2 heteroatoms. The third-order valence-corrected chi connectivity index (χ3v) is 3.50. The molecule has 1 N–H and O–H groups in total. The van der Waals surface area contributed by atoms with Crippen LogP contribution in [-0.4, -0.2) is 5.11 Å². The molecular weight excluding hydrogens is 200 g/mol. The van der Waals surface area contributed by atoms with Gasteiger partial charge in [0.1, 0.15) is 16.9 Å². The largest absolute Gasteiger partial charge is 0.458 e. The monoisotopic (exact) mass is 216 g/mol. The Bertz CT molecular complexity index is 533. The van der Waals surface area contributed by atoms with Gasteiger partial charge in [-0.3, -0.25) is 0 Å². The summed E-state index contributed by atoms with van der Waals surface area (Å²) >= 11 is 0. The van der Waals surface area contributed by atoms with Crippen molar-refractivity contribution in [1.29, 1.82) is 0 Å². The van der Waals surface area contributed by atoms with E-state index in [2.05, 4.69) is 19.9 Å². The lowest BCUT2D eigenvalue weighted by Crippen LogP contribution is -2.39. The second-order valence-corrected chi connectivity index (χ2v) is 5.20. The Morgan fingerprint density at radius 1 is 1.31 bits per heavy atom. The molecule has 1 saturated carbocycles. The highest BCUT2D eigenvalue weighted by atomic mass is 16.4. The summed E-state index contributed by atoms with van der Waals surface area (Å²) in [7, 11) is 0. The van der Waals surface area contributed by atoms with Crippen LogP contribution in [-0.2, 0) is 5.60 Å². The molecule has 16 heavy (non-hydrogen) atoms. The lowest BCUT2D eigenvalue weighted by Gasteiger charge is -2.40. The molecule has 0 saturated heterocycles. The Morgan fingerprint density at radius 3 is 2.75 bits per heavy atom. The zero-order valence-electron chi connectivity index (χ0n) is 9.66. The smallest absolute Gasteiger partial charge is 0.136 e. The van der Waals surface area contributed by atoms with E-state index in [1.807, 2.05) is 18.2 Å². The first-order chi connectivity index (χ1) is 7.57. The Hall–Kier alpha value is -1.28. The Morgan fingerprint density at radius 2 is 2.06 bits per heavy atom. The number of furan rings is 1. The van der Waals surface area contributed by atoms with Gasteiger partial charge < -0.3 is 9.52 Å². The number of hydrogen-bond donors (Lipinski definition) is 1. The van der Waals surface area contributed by atoms with Crippen LogP contribution in [0.5, 0.6) is 0 Å². The molecule has 84 valence electrons. The van der Waals surface area contributed by atoms with Gasteiger partial charge in [0.25, 0.3) is 0 Å². The maximum absolute atomic E-state index is 10.3. The van der Waals surface area contributed by atoms with E-state index in [1.165, 1.54) is 5.56 Å². The number of hydrogen-bond acceptors (Lipinski definition) is 2. The highest BCUT2D eigenvalue weighted by molar-refractivity contribution is 5.78. The van der Waals surface area contributed by atoms with Gasteiger partial charge in [-0.25, -0.2) is 0 Å². The van der Waals surface area contributed by atoms with Crippen molar-refractivity contribution in [2.75, 3.05) is 0 Å². The van der Waals surface area contributed by atoms with Gasteiger partial charge in [-0.2, -0.15) is 0 Å². The molecule has 1 heterocycles. The molecule has 1 aliphatic rings. The van der Waals surface area contributed by atoms with Gasteiger partial charge in [0.15, 0.2) is 0 Å². The van der Waals surface area contributed by atoms with Crippen LogP contribution in [0.4, 0.5) is 0 Å². The summed E-state index contributed by atoms with van der Waals surface area (Å²) in [5.41, 5.74) is 1.37. The molecule has 0 spiro atoms. The minimum Gasteiger partial charge on any atom is -0.458 e. The first kappa shape index (κ1) is 9.91. The van der Waals surface area contributed by atoms with Crippen LogP contribution in [0.25, 0.3) is 11.0 Å². The van der Waals surface area contributed by atoms with Crippen LogP contribution in [0.15, 0.2) is 28.7 Å². The van der Waals surface area contributed by atoms with Crippen molar-refractivity contribution in [3.63, 3.8) is 0 Å². The van der Waals surface area contributed by atoms with Crippen LogP contribution in [0.1, 0.15) is 31.1 Å². The van der Waals surface area contributed by atoms with E-state index in [9.17, 15) is 5.11 Å². The molecule has 1 aliphatic carbocycles. The van der Waals surface area contributed by atoms with E-state index < -0.39 is 5.60 Å². The van der Waals surface area contributed by atoms with Gasteiger partial charge in [0.05, 0.1) is 0 Å². The molecule has 0 radical (unpaired) electrons. The van der Waals surface area contributed by atoms with Crippen LogP contribution >= 0.6 is 0 Å². The summed E-state index contributed by atoms with van der Waals surface area (Å²) in [6.45, 7) is 4.22. The van der Waals surface area contributed by atoms with Gasteiger partial charge in [0, 0.05) is 5.39 Å². The molecule has 0 aliphatic heterocycles. The van der Waals surface area contributed by atoms with Crippen molar-refractivity contribution in [1.82, 2.24) is 0 Å². The van der Waals surface area contributed by atoms with Gasteiger partial charge >= 0.3 is 0 Å². The molecule has 1 aromatic heterocycles. The van der Waals surface area contributed by atoms with E-state index in [1.54, 1.807) is 0 Å². The summed E-state index contributed by atoms with van der Waals surface area (Å²) in [5, 5.41) is 11.4. The summed E-state index contributed by atoms with van der Waals surface area (Å²) in [4.78, 5) is 0. The third kappa shape index (κ3) is 1.37. The summed E-state index contributed by atoms with van der Waals surface area (Å²) < 4.78 is 5.73. The highest BCUT2D eigenvalue weighted by Gasteiger charge is 2.44. The molecular formula is C14H16O2. The van der Waals surface area contributed by atoms with Crippen molar-refractivity contribution in [2.45, 2.75) is 32.3 Å². The van der Waals surface area contributed by atoms with Crippen molar-refractivity contribution in [2.24, 2.45) is 5.92 Å². The Labute approximate surface area is 94.9 Å². The second-order valence-electron chi connectivity index (χ2n) is 5.20. The Kier molecular flexibility index (Phi) is 1.93. The molecule has 1 aromatic carbocycles. The number of benzene rings is 1. The molecule has 0 amide bonds. The van der Waals surface area contributed by atoms with Crippen molar-refractivity contribution < 1.29 is 9.52 Å². The van der Waals surface area contributed by atoms with Gasteiger partial charge in [-0.15, -0.1) is 0 Å². The van der Waals surface area contributed by atoms with Gasteiger partial charge in [-0.05, 0) is 43.9 Å². The van der Waals surface area contributed by atoms with Crippen molar-refractivity contribution in [3.05, 3.63) is 35.6 Å². The standard InChI is InChI=1S/C14H16O2/c1-9-3-4-12-11(5-9)6-13(16-12)14(15)7-10(2)8-14/h3-6,10,15H,7-8H2,1-2H3. The normalized spacial score (nSPS) is 29.3. The molecule has 0 bridgehead atoms. The molecule has 2 nitrogen and oxygen atoms in total.